The summed E-state index contributed by atoms with van der Waals surface area (Å²) in [5, 5.41) is 0. The molecule has 2 aromatic carbocycles. The largest absolute Gasteiger partial charge is 0.484 e. The Kier molecular flexibility index (Phi) is 5.42. The van der Waals surface area contributed by atoms with Gasteiger partial charge in [-0.15, -0.1) is 4.83 Å². The Balaban J connectivity index is 1.94. The van der Waals surface area contributed by atoms with Gasteiger partial charge in [-0.05, 0) is 30.3 Å². The Bertz CT molecular complexity index is 859. The van der Waals surface area contributed by atoms with Gasteiger partial charge in [0.05, 0.1) is 0 Å². The van der Waals surface area contributed by atoms with Gasteiger partial charge in [-0.2, -0.15) is 0 Å². The van der Waals surface area contributed by atoms with Crippen molar-refractivity contribution in [1.29, 1.82) is 0 Å². The Morgan fingerprint density at radius 2 is 1.75 bits per heavy atom. The molecular weight excluding hydrogens is 349 g/mol. The first-order valence-electron chi connectivity index (χ1n) is 6.42. The Morgan fingerprint density at radius 3 is 2.46 bits per heavy atom. The molecule has 0 saturated heterocycles. The zero-order valence-corrected chi connectivity index (χ0v) is 12.7. The van der Waals surface area contributed by atoms with Crippen LogP contribution in [0.25, 0.3) is 0 Å². The van der Waals surface area contributed by atoms with Crippen LogP contribution in [0.3, 0.4) is 0 Å². The molecule has 0 aliphatic rings. The highest BCUT2D eigenvalue weighted by atomic mass is 32.2. The predicted molar refractivity (Wildman–Crippen MR) is 76.7 cm³/mol. The van der Waals surface area contributed by atoms with Gasteiger partial charge in [-0.1, -0.05) is 6.07 Å². The summed E-state index contributed by atoms with van der Waals surface area (Å²) >= 11 is 0. The van der Waals surface area contributed by atoms with E-state index in [0.29, 0.717) is 12.1 Å². The third-order valence-electron chi connectivity index (χ3n) is 2.67. The molecule has 6 nitrogen and oxygen atoms in total. The van der Waals surface area contributed by atoms with Crippen molar-refractivity contribution in [2.24, 2.45) is 0 Å². The van der Waals surface area contributed by atoms with E-state index in [1.54, 1.807) is 10.3 Å². The molecule has 128 valence electrons. The van der Waals surface area contributed by atoms with E-state index in [-0.39, 0.29) is 5.75 Å². The zero-order chi connectivity index (χ0) is 17.7. The monoisotopic (exact) mass is 360 g/mol. The molecule has 0 aromatic heterocycles. The highest BCUT2D eigenvalue weighted by Crippen LogP contribution is 2.15. The number of rotatable bonds is 6. The molecule has 2 aromatic rings. The summed E-state index contributed by atoms with van der Waals surface area (Å²) in [6, 6.07) is 6.81. The molecular formula is C14H11F3N2O4S. The number of hydrazine groups is 1. The van der Waals surface area contributed by atoms with Crippen LogP contribution in [0.15, 0.2) is 47.4 Å². The SMILES string of the molecule is O=C(COc1cccc(F)c1)NNS(=O)(=O)c1cc(F)ccc1F. The van der Waals surface area contributed by atoms with E-state index < -0.39 is 44.9 Å². The predicted octanol–water partition coefficient (Wildman–Crippen LogP) is 1.49. The maximum absolute atomic E-state index is 13.4. The van der Waals surface area contributed by atoms with Crippen LogP contribution in [0.2, 0.25) is 0 Å². The first-order chi connectivity index (χ1) is 11.3. The van der Waals surface area contributed by atoms with Crippen molar-refractivity contribution in [2.45, 2.75) is 4.90 Å². The normalized spacial score (nSPS) is 11.1. The van der Waals surface area contributed by atoms with Gasteiger partial charge in [-0.25, -0.2) is 21.6 Å². The minimum absolute atomic E-state index is 0.0594. The molecule has 24 heavy (non-hydrogen) atoms. The second-order valence-corrected chi connectivity index (χ2v) is 6.13. The summed E-state index contributed by atoms with van der Waals surface area (Å²) in [6.07, 6.45) is 0. The van der Waals surface area contributed by atoms with Gasteiger partial charge in [-0.3, -0.25) is 10.2 Å². The molecule has 0 bridgehead atoms. The fraction of sp³-hybridized carbons (Fsp3) is 0.0714. The van der Waals surface area contributed by atoms with Crippen LogP contribution in [0.5, 0.6) is 5.75 Å². The molecule has 0 heterocycles. The summed E-state index contributed by atoms with van der Waals surface area (Å²) in [6.45, 7) is -0.627. The highest BCUT2D eigenvalue weighted by Gasteiger charge is 2.20. The molecule has 0 unspecified atom stereocenters. The smallest absolute Gasteiger partial charge is 0.272 e. The molecule has 0 atom stereocenters. The fourth-order valence-corrected chi connectivity index (χ4v) is 2.55. The minimum Gasteiger partial charge on any atom is -0.484 e. The first-order valence-corrected chi connectivity index (χ1v) is 7.90. The minimum atomic E-state index is -4.51. The van der Waals surface area contributed by atoms with Crippen LogP contribution < -0.4 is 15.0 Å². The second-order valence-electron chi connectivity index (χ2n) is 4.47. The Labute approximate surface area is 135 Å². The standard InChI is InChI=1S/C14H11F3N2O4S/c15-9-2-1-3-11(6-9)23-8-14(20)18-19-24(21,22)13-7-10(16)4-5-12(13)17/h1-7,19H,8H2,(H,18,20). The molecule has 0 radical (unpaired) electrons. The van der Waals surface area contributed by atoms with Crippen molar-refractivity contribution >= 4 is 15.9 Å². The first kappa shape index (κ1) is 17.8. The van der Waals surface area contributed by atoms with Crippen molar-refractivity contribution in [3.05, 3.63) is 59.9 Å². The second kappa shape index (κ2) is 7.32. The third-order valence-corrected chi connectivity index (χ3v) is 3.94. The lowest BCUT2D eigenvalue weighted by atomic mass is 10.3. The van der Waals surface area contributed by atoms with Crippen molar-refractivity contribution in [3.63, 3.8) is 0 Å². The van der Waals surface area contributed by atoms with Gasteiger partial charge >= 0.3 is 0 Å². The number of benzene rings is 2. The van der Waals surface area contributed by atoms with E-state index in [9.17, 15) is 26.4 Å². The molecule has 0 spiro atoms. The van der Waals surface area contributed by atoms with E-state index in [4.69, 9.17) is 4.74 Å². The summed E-state index contributed by atoms with van der Waals surface area (Å²) in [5.74, 6) is -3.59. The van der Waals surface area contributed by atoms with Gasteiger partial charge in [0, 0.05) is 6.07 Å². The van der Waals surface area contributed by atoms with E-state index >= 15 is 0 Å². The van der Waals surface area contributed by atoms with Crippen molar-refractivity contribution in [2.75, 3.05) is 6.61 Å². The number of carbonyl (C=O) groups is 1. The Hall–Kier alpha value is -2.59. The maximum atomic E-state index is 13.4. The highest BCUT2D eigenvalue weighted by molar-refractivity contribution is 7.89. The number of ether oxygens (including phenoxy) is 1. The summed E-state index contributed by atoms with van der Waals surface area (Å²) < 4.78 is 67.9. The van der Waals surface area contributed by atoms with E-state index in [1.807, 2.05) is 0 Å². The zero-order valence-electron chi connectivity index (χ0n) is 11.9. The topological polar surface area (TPSA) is 84.5 Å². The number of halogens is 3. The number of nitrogens with one attached hydrogen (secondary N) is 2. The quantitative estimate of drug-likeness (QED) is 0.765. The number of amides is 1. The van der Waals surface area contributed by atoms with Crippen LogP contribution in [0.4, 0.5) is 13.2 Å². The van der Waals surface area contributed by atoms with Crippen molar-refractivity contribution < 1.29 is 31.1 Å². The van der Waals surface area contributed by atoms with Gasteiger partial charge < -0.3 is 4.74 Å². The van der Waals surface area contributed by atoms with Gasteiger partial charge in [0.25, 0.3) is 15.9 Å². The summed E-state index contributed by atoms with van der Waals surface area (Å²) in [4.78, 5) is 12.1. The van der Waals surface area contributed by atoms with Crippen LogP contribution in [0, 0.1) is 17.5 Å². The van der Waals surface area contributed by atoms with Crippen molar-refractivity contribution in [1.82, 2.24) is 10.3 Å². The average molecular weight is 360 g/mol. The van der Waals surface area contributed by atoms with Crippen LogP contribution in [-0.4, -0.2) is 20.9 Å². The lowest BCUT2D eigenvalue weighted by molar-refractivity contribution is -0.123. The number of sulfonamides is 1. The molecule has 1 amide bonds. The molecule has 0 saturated carbocycles. The molecule has 0 aliphatic heterocycles. The average Bonchev–Trinajstić information content (AvgIpc) is 2.53. The lowest BCUT2D eigenvalue weighted by Crippen LogP contribution is -2.44. The molecule has 2 N–H and O–H groups in total. The van der Waals surface area contributed by atoms with E-state index in [0.717, 1.165) is 12.1 Å². The molecule has 2 rings (SSSR count). The van der Waals surface area contributed by atoms with Crippen molar-refractivity contribution in [3.8, 4) is 5.75 Å². The lowest BCUT2D eigenvalue weighted by Gasteiger charge is -2.10. The molecule has 0 aliphatic carbocycles. The van der Waals surface area contributed by atoms with E-state index in [2.05, 4.69) is 0 Å². The molecule has 10 heteroatoms. The Morgan fingerprint density at radius 1 is 1.04 bits per heavy atom. The van der Waals surface area contributed by atoms with Crippen LogP contribution in [-0.2, 0) is 14.8 Å². The van der Waals surface area contributed by atoms with Crippen LogP contribution in [0.1, 0.15) is 0 Å². The maximum Gasteiger partial charge on any atom is 0.272 e. The van der Waals surface area contributed by atoms with Crippen LogP contribution >= 0.6 is 0 Å². The van der Waals surface area contributed by atoms with Gasteiger partial charge in [0.2, 0.25) is 0 Å². The van der Waals surface area contributed by atoms with E-state index in [1.165, 1.54) is 18.2 Å². The fourth-order valence-electron chi connectivity index (χ4n) is 1.60. The third kappa shape index (κ3) is 4.70. The van der Waals surface area contributed by atoms with Gasteiger partial charge in [0.15, 0.2) is 6.61 Å². The summed E-state index contributed by atoms with van der Waals surface area (Å²) in [7, 11) is -4.51. The number of hydrogen-bond acceptors (Lipinski definition) is 4. The summed E-state index contributed by atoms with van der Waals surface area (Å²) in [5.41, 5.74) is 1.77. The van der Waals surface area contributed by atoms with Gasteiger partial charge in [0.1, 0.15) is 28.1 Å². The molecule has 0 fully saturated rings. The number of hydrogen-bond donors (Lipinski definition) is 2. The number of carbonyl (C=O) groups excluding carboxylic acids is 1.